The minimum Gasteiger partial charge on any atom is -0.494 e. The molecule has 2 aliphatic rings. The minimum absolute atomic E-state index is 0.0496. The van der Waals surface area contributed by atoms with E-state index in [0.717, 1.165) is 0 Å². The van der Waals surface area contributed by atoms with Crippen LogP contribution in [0.1, 0.15) is 33.0 Å². The number of fused-ring (bicyclic) bond motifs is 3. The number of ether oxygens (including phenoxy) is 1. The molecule has 3 aromatic rings. The summed E-state index contributed by atoms with van der Waals surface area (Å²) >= 11 is 0. The molecule has 1 aliphatic heterocycles. The normalized spacial score (nSPS) is 16.8. The van der Waals surface area contributed by atoms with E-state index in [0.29, 0.717) is 28.0 Å². The second-order valence-electron chi connectivity index (χ2n) is 6.81. The van der Waals surface area contributed by atoms with E-state index in [4.69, 9.17) is 4.74 Å². The van der Waals surface area contributed by atoms with E-state index in [1.807, 2.05) is 0 Å². The second-order valence-corrected chi connectivity index (χ2v) is 6.81. The van der Waals surface area contributed by atoms with Crippen molar-refractivity contribution in [2.75, 3.05) is 12.4 Å². The number of Topliss-reactive ketones (excluding diaryl/α,β-unsaturated/α-hetero) is 1. The van der Waals surface area contributed by atoms with Gasteiger partial charge in [-0.2, -0.15) is 0 Å². The van der Waals surface area contributed by atoms with Crippen molar-refractivity contribution in [1.82, 2.24) is 9.97 Å². The van der Waals surface area contributed by atoms with Crippen LogP contribution in [0.4, 0.5) is 10.2 Å². The third-order valence-corrected chi connectivity index (χ3v) is 5.27. The van der Waals surface area contributed by atoms with E-state index in [1.165, 1.54) is 19.2 Å². The summed E-state index contributed by atoms with van der Waals surface area (Å²) in [7, 11) is 1.35. The molecule has 0 bridgehead atoms. The fourth-order valence-corrected chi connectivity index (χ4v) is 4.05. The largest absolute Gasteiger partial charge is 0.494 e. The van der Waals surface area contributed by atoms with Gasteiger partial charge in [0.2, 0.25) is 0 Å². The van der Waals surface area contributed by atoms with E-state index in [9.17, 15) is 18.8 Å². The van der Waals surface area contributed by atoms with E-state index in [1.54, 1.807) is 30.3 Å². The number of allylic oxidation sites excluding steroid dienone is 1. The number of anilines is 1. The summed E-state index contributed by atoms with van der Waals surface area (Å²) in [5.41, 5.74) is 1.21. The molecular formula is C21H14FN3O4. The Morgan fingerprint density at radius 2 is 1.76 bits per heavy atom. The number of H-pyrrole nitrogens is 2. The highest BCUT2D eigenvalue weighted by Gasteiger charge is 2.41. The first kappa shape index (κ1) is 17.2. The highest BCUT2D eigenvalue weighted by atomic mass is 19.1. The Morgan fingerprint density at radius 1 is 1.00 bits per heavy atom. The van der Waals surface area contributed by atoms with Gasteiger partial charge in [0.15, 0.2) is 17.3 Å². The lowest BCUT2D eigenvalue weighted by Crippen LogP contribution is -2.33. The average Bonchev–Trinajstić information content (AvgIpc) is 2.98. The Bertz CT molecular complexity index is 1350. The van der Waals surface area contributed by atoms with Crippen LogP contribution in [0.15, 0.2) is 57.6 Å². The van der Waals surface area contributed by atoms with Crippen molar-refractivity contribution in [3.8, 4) is 5.75 Å². The molecule has 1 unspecified atom stereocenters. The van der Waals surface area contributed by atoms with Crippen LogP contribution in [-0.4, -0.2) is 22.9 Å². The molecule has 29 heavy (non-hydrogen) atoms. The minimum atomic E-state index is -0.859. The van der Waals surface area contributed by atoms with E-state index in [2.05, 4.69) is 15.3 Å². The van der Waals surface area contributed by atoms with E-state index in [-0.39, 0.29) is 22.9 Å². The number of halogens is 1. The lowest BCUT2D eigenvalue weighted by Gasteiger charge is -2.27. The quantitative estimate of drug-likeness (QED) is 0.622. The summed E-state index contributed by atoms with van der Waals surface area (Å²) in [6.45, 7) is 0. The lowest BCUT2D eigenvalue weighted by molar-refractivity contribution is 0.103. The van der Waals surface area contributed by atoms with Gasteiger partial charge in [-0.1, -0.05) is 30.3 Å². The number of methoxy groups -OCH3 is 1. The van der Waals surface area contributed by atoms with Crippen LogP contribution in [-0.2, 0) is 0 Å². The molecule has 0 saturated carbocycles. The van der Waals surface area contributed by atoms with Crippen molar-refractivity contribution in [2.45, 2.75) is 5.92 Å². The molecule has 1 atom stereocenters. The molecule has 1 aliphatic carbocycles. The predicted molar refractivity (Wildman–Crippen MR) is 104 cm³/mol. The summed E-state index contributed by atoms with van der Waals surface area (Å²) in [4.78, 5) is 42.5. The van der Waals surface area contributed by atoms with Gasteiger partial charge in [-0.25, -0.2) is 9.18 Å². The zero-order valence-corrected chi connectivity index (χ0v) is 15.1. The van der Waals surface area contributed by atoms with E-state index < -0.39 is 23.0 Å². The zero-order chi connectivity index (χ0) is 20.3. The standard InChI is InChI=1S/C21H14FN3O4/c1-29-13-7-6-9(8-12(13)22)14-15-17(10-4-2-3-5-11(10)18(15)26)23-19-16(14)20(27)25-21(28)24-19/h2-8,14H,1H3,(H3,23,24,25,27,28). The number of nitrogens with one attached hydrogen (secondary N) is 3. The van der Waals surface area contributed by atoms with Crippen molar-refractivity contribution in [3.63, 3.8) is 0 Å². The maximum atomic E-state index is 14.5. The molecule has 0 amide bonds. The van der Waals surface area contributed by atoms with Crippen molar-refractivity contribution >= 4 is 17.3 Å². The Labute approximate surface area is 162 Å². The molecule has 1 aromatic heterocycles. The molecule has 0 radical (unpaired) electrons. The number of aromatic nitrogens is 2. The van der Waals surface area contributed by atoms with Crippen LogP contribution in [0.2, 0.25) is 0 Å². The van der Waals surface area contributed by atoms with Gasteiger partial charge in [0, 0.05) is 22.6 Å². The Balaban J connectivity index is 1.82. The maximum Gasteiger partial charge on any atom is 0.327 e. The van der Waals surface area contributed by atoms with Gasteiger partial charge in [0.05, 0.1) is 18.4 Å². The summed E-state index contributed by atoms with van der Waals surface area (Å²) in [5.74, 6) is -1.49. The van der Waals surface area contributed by atoms with Gasteiger partial charge in [0.25, 0.3) is 5.56 Å². The third-order valence-electron chi connectivity index (χ3n) is 5.27. The highest BCUT2D eigenvalue weighted by molar-refractivity contribution is 6.23. The molecule has 7 nitrogen and oxygen atoms in total. The van der Waals surface area contributed by atoms with Gasteiger partial charge in [-0.15, -0.1) is 0 Å². The first-order valence-corrected chi connectivity index (χ1v) is 8.85. The molecule has 0 saturated heterocycles. The number of benzene rings is 2. The number of hydrogen-bond donors (Lipinski definition) is 3. The molecular weight excluding hydrogens is 377 g/mol. The molecule has 0 spiro atoms. The van der Waals surface area contributed by atoms with Crippen molar-refractivity contribution in [1.29, 1.82) is 0 Å². The molecule has 5 rings (SSSR count). The smallest absolute Gasteiger partial charge is 0.327 e. The summed E-state index contributed by atoms with van der Waals surface area (Å²) < 4.78 is 19.4. The van der Waals surface area contributed by atoms with Crippen LogP contribution in [0, 0.1) is 5.82 Å². The summed E-state index contributed by atoms with van der Waals surface area (Å²) in [5, 5.41) is 3.03. The first-order chi connectivity index (χ1) is 14.0. The number of aromatic amines is 2. The van der Waals surface area contributed by atoms with Gasteiger partial charge in [0.1, 0.15) is 5.82 Å². The number of ketones is 1. The van der Waals surface area contributed by atoms with Crippen LogP contribution in [0.5, 0.6) is 5.75 Å². The number of hydrogen-bond acceptors (Lipinski definition) is 5. The monoisotopic (exact) mass is 391 g/mol. The topological polar surface area (TPSA) is 104 Å². The SMILES string of the molecule is COc1ccc(C2C3=C(Nc4[nH]c(=O)[nH]c(=O)c42)c2ccccc2C3=O)cc1F. The van der Waals surface area contributed by atoms with Crippen LogP contribution in [0.3, 0.4) is 0 Å². The highest BCUT2D eigenvalue weighted by Crippen LogP contribution is 2.47. The van der Waals surface area contributed by atoms with Crippen LogP contribution in [0.25, 0.3) is 5.70 Å². The van der Waals surface area contributed by atoms with Crippen molar-refractivity contribution < 1.29 is 13.9 Å². The molecule has 0 fully saturated rings. The Kier molecular flexibility index (Phi) is 3.57. The van der Waals surface area contributed by atoms with Crippen LogP contribution >= 0.6 is 0 Å². The Hall–Kier alpha value is -3.94. The van der Waals surface area contributed by atoms with Crippen molar-refractivity contribution in [2.24, 2.45) is 0 Å². The second kappa shape index (κ2) is 6.03. The lowest BCUT2D eigenvalue weighted by atomic mass is 9.81. The number of rotatable bonds is 2. The predicted octanol–water partition coefficient (Wildman–Crippen LogP) is 2.38. The van der Waals surface area contributed by atoms with Gasteiger partial charge in [-0.3, -0.25) is 19.6 Å². The fraction of sp³-hybridized carbons (Fsp3) is 0.0952. The van der Waals surface area contributed by atoms with Gasteiger partial charge < -0.3 is 10.1 Å². The molecule has 3 N–H and O–H groups in total. The fourth-order valence-electron chi connectivity index (χ4n) is 4.05. The molecule has 2 aromatic carbocycles. The maximum absolute atomic E-state index is 14.5. The Morgan fingerprint density at radius 3 is 2.48 bits per heavy atom. The van der Waals surface area contributed by atoms with Gasteiger partial charge >= 0.3 is 5.69 Å². The molecule has 144 valence electrons. The average molecular weight is 391 g/mol. The van der Waals surface area contributed by atoms with Crippen molar-refractivity contribution in [3.05, 3.63) is 96.9 Å². The zero-order valence-electron chi connectivity index (χ0n) is 15.1. The molecule has 2 heterocycles. The third kappa shape index (κ3) is 2.39. The summed E-state index contributed by atoms with van der Waals surface area (Å²) in [6.07, 6.45) is 0. The number of carbonyl (C=O) groups excluding carboxylic acids is 1. The first-order valence-electron chi connectivity index (χ1n) is 8.85. The number of carbonyl (C=O) groups is 1. The summed E-state index contributed by atoms with van der Waals surface area (Å²) in [6, 6.07) is 11.3. The van der Waals surface area contributed by atoms with Gasteiger partial charge in [-0.05, 0) is 17.7 Å². The van der Waals surface area contributed by atoms with Crippen LogP contribution < -0.4 is 21.3 Å². The molecule has 8 heteroatoms. The van der Waals surface area contributed by atoms with E-state index >= 15 is 0 Å².